The lowest BCUT2D eigenvalue weighted by atomic mass is 9.87. The van der Waals surface area contributed by atoms with Crippen molar-refractivity contribution in [2.24, 2.45) is 17.8 Å². The first kappa shape index (κ1) is 16.6. The Kier molecular flexibility index (Phi) is 3.39. The van der Waals surface area contributed by atoms with Crippen LogP contribution in [-0.2, 0) is 16.2 Å². The fourth-order valence-corrected chi connectivity index (χ4v) is 7.30. The lowest BCUT2D eigenvalue weighted by molar-refractivity contribution is -0.137. The van der Waals surface area contributed by atoms with Crippen molar-refractivity contribution >= 4 is 15.7 Å². The number of benzene rings is 1. The largest absolute Gasteiger partial charge is 0.417 e. The lowest BCUT2D eigenvalue weighted by Crippen LogP contribution is -2.37. The summed E-state index contributed by atoms with van der Waals surface area (Å²) in [6.07, 6.45) is -5.06. The van der Waals surface area contributed by atoms with Gasteiger partial charge in [0.25, 0.3) is 0 Å². The zero-order valence-corrected chi connectivity index (χ0v) is 13.7. The van der Waals surface area contributed by atoms with Gasteiger partial charge < -0.3 is 0 Å². The smallest absolute Gasteiger partial charge is 0.270 e. The van der Waals surface area contributed by atoms with Gasteiger partial charge in [0.15, 0.2) is 0 Å². The van der Waals surface area contributed by atoms with Gasteiger partial charge in [-0.05, 0) is 42.9 Å². The molecule has 134 valence electrons. The molecule has 1 aromatic rings. The number of rotatable bonds is 1. The molecule has 9 heteroatoms. The second-order valence-corrected chi connectivity index (χ2v) is 8.97. The molecular weight excluding hydrogens is 360 g/mol. The van der Waals surface area contributed by atoms with Gasteiger partial charge in [-0.2, -0.15) is 18.4 Å². The second kappa shape index (κ2) is 5.10. The number of hydrogen-bond acceptors (Lipinski definition) is 3. The van der Waals surface area contributed by atoms with Gasteiger partial charge >= 0.3 is 6.18 Å². The van der Waals surface area contributed by atoms with Crippen LogP contribution in [0.4, 0.5) is 23.2 Å². The van der Waals surface area contributed by atoms with Crippen molar-refractivity contribution < 1.29 is 26.0 Å². The highest BCUT2D eigenvalue weighted by molar-refractivity contribution is 7.93. The third kappa shape index (κ3) is 2.26. The van der Waals surface area contributed by atoms with Crippen LogP contribution in [-0.4, -0.2) is 26.4 Å². The van der Waals surface area contributed by atoms with E-state index in [0.29, 0.717) is 18.9 Å². The van der Waals surface area contributed by atoms with E-state index in [1.807, 2.05) is 0 Å². The minimum atomic E-state index is -4.76. The Bertz CT molecular complexity index is 877. The third-order valence-electron chi connectivity index (χ3n) is 5.76. The van der Waals surface area contributed by atoms with Crippen molar-refractivity contribution in [3.8, 4) is 6.07 Å². The second-order valence-electron chi connectivity index (χ2n) is 6.96. The Morgan fingerprint density at radius 2 is 1.92 bits per heavy atom. The van der Waals surface area contributed by atoms with Crippen molar-refractivity contribution in [2.45, 2.75) is 30.4 Å². The maximum Gasteiger partial charge on any atom is 0.417 e. The van der Waals surface area contributed by atoms with E-state index in [9.17, 15) is 26.0 Å². The molecule has 0 unspecified atom stereocenters. The Labute approximate surface area is 142 Å². The summed E-state index contributed by atoms with van der Waals surface area (Å²) < 4.78 is 80.1. The van der Waals surface area contributed by atoms with Gasteiger partial charge in [-0.25, -0.2) is 12.8 Å². The van der Waals surface area contributed by atoms with Crippen LogP contribution in [0.2, 0.25) is 0 Å². The maximum absolute atomic E-state index is 14.0. The van der Waals surface area contributed by atoms with Gasteiger partial charge in [0.1, 0.15) is 6.17 Å². The van der Waals surface area contributed by atoms with Gasteiger partial charge in [0.2, 0.25) is 10.0 Å². The average molecular weight is 374 g/mol. The van der Waals surface area contributed by atoms with Gasteiger partial charge in [0.05, 0.1) is 28.1 Å². The molecular formula is C16H14F4N2O2S. The molecule has 0 amide bonds. The molecule has 25 heavy (non-hydrogen) atoms. The zero-order valence-electron chi connectivity index (χ0n) is 12.9. The first-order valence-electron chi connectivity index (χ1n) is 7.91. The lowest BCUT2D eigenvalue weighted by Gasteiger charge is -2.24. The van der Waals surface area contributed by atoms with Gasteiger partial charge in [-0.3, -0.25) is 4.31 Å². The zero-order chi connectivity index (χ0) is 18.1. The first-order chi connectivity index (χ1) is 11.6. The van der Waals surface area contributed by atoms with Crippen molar-refractivity contribution in [1.82, 2.24) is 0 Å². The summed E-state index contributed by atoms with van der Waals surface area (Å²) in [4.78, 5) is 0. The summed E-state index contributed by atoms with van der Waals surface area (Å²) in [6, 6.07) is 4.36. The SMILES string of the molecule is N#Cc1ccc(N2C[C@H]3[C@H]4C[C@H]([C@H]3S2(=O)=O)[C@@H](F)C4)cc1C(F)(F)F. The van der Waals surface area contributed by atoms with Crippen LogP contribution in [0.3, 0.4) is 0 Å². The average Bonchev–Trinajstić information content (AvgIpc) is 3.15. The Morgan fingerprint density at radius 1 is 1.20 bits per heavy atom. The highest BCUT2D eigenvalue weighted by Crippen LogP contribution is 2.56. The molecule has 1 saturated heterocycles. The van der Waals surface area contributed by atoms with Gasteiger partial charge in [-0.15, -0.1) is 0 Å². The van der Waals surface area contributed by atoms with Crippen molar-refractivity contribution in [3.05, 3.63) is 29.3 Å². The van der Waals surface area contributed by atoms with Gasteiger partial charge in [0, 0.05) is 12.5 Å². The number of halogens is 4. The van der Waals surface area contributed by atoms with E-state index in [1.54, 1.807) is 0 Å². The van der Waals surface area contributed by atoms with Gasteiger partial charge in [-0.1, -0.05) is 0 Å². The summed E-state index contributed by atoms with van der Waals surface area (Å²) in [5, 5.41) is 8.00. The van der Waals surface area contributed by atoms with Crippen molar-refractivity contribution in [3.63, 3.8) is 0 Å². The molecule has 2 saturated carbocycles. The highest BCUT2D eigenvalue weighted by atomic mass is 32.2. The molecule has 1 heterocycles. The number of anilines is 1. The predicted molar refractivity (Wildman–Crippen MR) is 80.8 cm³/mol. The molecule has 0 aromatic heterocycles. The van der Waals surface area contributed by atoms with Crippen LogP contribution in [0.25, 0.3) is 0 Å². The molecule has 3 aliphatic rings. The van der Waals surface area contributed by atoms with E-state index in [2.05, 4.69) is 0 Å². The van der Waals surface area contributed by atoms with E-state index in [4.69, 9.17) is 5.26 Å². The summed E-state index contributed by atoms with van der Waals surface area (Å²) in [7, 11) is -3.92. The van der Waals surface area contributed by atoms with E-state index in [-0.39, 0.29) is 24.1 Å². The fourth-order valence-electron chi connectivity index (χ4n) is 4.74. The highest BCUT2D eigenvalue weighted by Gasteiger charge is 2.63. The molecule has 1 aromatic carbocycles. The maximum atomic E-state index is 14.0. The molecule has 4 rings (SSSR count). The fraction of sp³-hybridized carbons (Fsp3) is 0.562. The van der Waals surface area contributed by atoms with E-state index < -0.39 is 44.7 Å². The van der Waals surface area contributed by atoms with Crippen LogP contribution in [0.5, 0.6) is 0 Å². The molecule has 2 bridgehead atoms. The number of hydrogen-bond donors (Lipinski definition) is 0. The van der Waals surface area contributed by atoms with Crippen molar-refractivity contribution in [1.29, 1.82) is 5.26 Å². The van der Waals surface area contributed by atoms with Crippen LogP contribution in [0.15, 0.2) is 18.2 Å². The van der Waals surface area contributed by atoms with Crippen LogP contribution < -0.4 is 4.31 Å². The third-order valence-corrected chi connectivity index (χ3v) is 8.12. The molecule has 1 aliphatic heterocycles. The molecule has 2 aliphatic carbocycles. The standard InChI is InChI=1S/C16H14F4N2O2S/c17-14-4-9-3-11(14)15-12(9)7-22(25(15,23)24)10-2-1-8(6-21)13(5-10)16(18,19)20/h1-2,5,9,11-12,14-15H,3-4,7H2/t9-,11-,12-,14-,15+/m0/s1. The molecule has 0 radical (unpaired) electrons. The summed E-state index contributed by atoms with van der Waals surface area (Å²) in [5.41, 5.74) is -1.83. The molecule has 3 fully saturated rings. The normalized spacial score (nSPS) is 35.6. The number of sulfonamides is 1. The Morgan fingerprint density at radius 3 is 2.56 bits per heavy atom. The minimum Gasteiger partial charge on any atom is -0.270 e. The number of nitrogens with zero attached hydrogens (tertiary/aromatic N) is 2. The Balaban J connectivity index is 1.76. The van der Waals surface area contributed by atoms with Crippen molar-refractivity contribution in [2.75, 3.05) is 10.8 Å². The monoisotopic (exact) mass is 374 g/mol. The van der Waals surface area contributed by atoms with Crippen LogP contribution >= 0.6 is 0 Å². The topological polar surface area (TPSA) is 61.2 Å². The van der Waals surface area contributed by atoms with E-state index >= 15 is 0 Å². The van der Waals surface area contributed by atoms with E-state index in [1.165, 1.54) is 12.1 Å². The molecule has 0 N–H and O–H groups in total. The number of fused-ring (bicyclic) bond motifs is 5. The predicted octanol–water partition coefficient (Wildman–Crippen LogP) is 3.09. The molecule has 0 spiro atoms. The van der Waals surface area contributed by atoms with E-state index in [0.717, 1.165) is 10.4 Å². The summed E-state index contributed by atoms with van der Waals surface area (Å²) in [6.45, 7) is 0.0735. The quantitative estimate of drug-likeness (QED) is 0.710. The summed E-state index contributed by atoms with van der Waals surface area (Å²) >= 11 is 0. The number of nitriles is 1. The first-order valence-corrected chi connectivity index (χ1v) is 9.42. The Hall–Kier alpha value is -1.82. The number of alkyl halides is 4. The minimum absolute atomic E-state index is 0.0368. The van der Waals surface area contributed by atoms with Crippen LogP contribution in [0.1, 0.15) is 24.0 Å². The van der Waals surface area contributed by atoms with Crippen LogP contribution in [0, 0.1) is 29.1 Å². The molecule has 5 atom stereocenters. The summed E-state index contributed by atoms with van der Waals surface area (Å²) in [5.74, 6) is -0.845. The molecule has 4 nitrogen and oxygen atoms in total.